The van der Waals surface area contributed by atoms with Crippen LogP contribution in [0.25, 0.3) is 0 Å². The van der Waals surface area contributed by atoms with Crippen molar-refractivity contribution in [2.24, 2.45) is 0 Å². The summed E-state index contributed by atoms with van der Waals surface area (Å²) in [5.41, 5.74) is -5.59. The van der Waals surface area contributed by atoms with E-state index in [-0.39, 0.29) is 0 Å². The van der Waals surface area contributed by atoms with E-state index in [1.165, 1.54) is 35.8 Å². The van der Waals surface area contributed by atoms with E-state index in [0.29, 0.717) is 0 Å². The van der Waals surface area contributed by atoms with E-state index in [9.17, 15) is 31.1 Å². The van der Waals surface area contributed by atoms with E-state index >= 15 is 0 Å². The highest BCUT2D eigenvalue weighted by atomic mass is 19.4. The number of alkyl halides is 6. The van der Waals surface area contributed by atoms with Gasteiger partial charge in [-0.25, -0.2) is 0 Å². The summed E-state index contributed by atoms with van der Waals surface area (Å²) < 4.78 is 80.5. The number of nitrogens with one attached hydrogen (secondary N) is 2. The summed E-state index contributed by atoms with van der Waals surface area (Å²) in [7, 11) is 0. The standard InChI is InChI=1S/C15H11F6N3O/c16-14(17,18)13(15(19,20)21,23-11-6-2-1-3-7-11)24-12(25)10-5-4-8-22-9-10/h1-9,23H,(H,24,25). The topological polar surface area (TPSA) is 54.0 Å². The van der Waals surface area contributed by atoms with Crippen molar-refractivity contribution in [1.82, 2.24) is 10.3 Å². The number of carbonyl (C=O) groups excluding carboxylic acids is 1. The molecule has 1 aromatic heterocycles. The molecule has 0 aliphatic heterocycles. The second-order valence-electron chi connectivity index (χ2n) is 4.93. The van der Waals surface area contributed by atoms with Gasteiger partial charge >= 0.3 is 18.0 Å². The number of hydrogen-bond donors (Lipinski definition) is 2. The Labute approximate surface area is 137 Å². The highest BCUT2D eigenvalue weighted by Gasteiger charge is 2.72. The molecule has 1 amide bonds. The van der Waals surface area contributed by atoms with Crippen LogP contribution in [0.5, 0.6) is 0 Å². The third-order valence-electron chi connectivity index (χ3n) is 3.18. The molecule has 4 nitrogen and oxygen atoms in total. The highest BCUT2D eigenvalue weighted by molar-refractivity contribution is 5.94. The number of para-hydroxylation sites is 1. The van der Waals surface area contributed by atoms with Gasteiger partial charge in [0.25, 0.3) is 5.91 Å². The second kappa shape index (κ2) is 6.61. The third-order valence-corrected chi connectivity index (χ3v) is 3.18. The molecule has 0 saturated heterocycles. The molecule has 2 rings (SSSR count). The maximum atomic E-state index is 13.4. The smallest absolute Gasteiger partial charge is 0.348 e. The first-order valence-electron chi connectivity index (χ1n) is 6.76. The summed E-state index contributed by atoms with van der Waals surface area (Å²) in [6.07, 6.45) is -9.67. The van der Waals surface area contributed by atoms with E-state index in [4.69, 9.17) is 0 Å². The van der Waals surface area contributed by atoms with Gasteiger partial charge in [-0.05, 0) is 24.3 Å². The number of carbonyl (C=O) groups is 1. The zero-order valence-electron chi connectivity index (χ0n) is 12.3. The number of nitrogens with zero attached hydrogens (tertiary/aromatic N) is 1. The zero-order valence-corrected chi connectivity index (χ0v) is 12.3. The first-order chi connectivity index (χ1) is 11.6. The van der Waals surface area contributed by atoms with Crippen molar-refractivity contribution >= 4 is 11.6 Å². The van der Waals surface area contributed by atoms with Crippen LogP contribution in [-0.2, 0) is 0 Å². The summed E-state index contributed by atoms with van der Waals surface area (Å²) in [6.45, 7) is 0. The lowest BCUT2D eigenvalue weighted by atomic mass is 10.1. The minimum atomic E-state index is -5.88. The van der Waals surface area contributed by atoms with Crippen molar-refractivity contribution in [3.05, 3.63) is 60.4 Å². The van der Waals surface area contributed by atoms with Gasteiger partial charge in [-0.1, -0.05) is 18.2 Å². The van der Waals surface area contributed by atoms with E-state index in [0.717, 1.165) is 29.7 Å². The molecule has 10 heteroatoms. The second-order valence-corrected chi connectivity index (χ2v) is 4.93. The van der Waals surface area contributed by atoms with Crippen LogP contribution in [0.2, 0.25) is 0 Å². The Hall–Kier alpha value is -2.78. The van der Waals surface area contributed by atoms with Crippen molar-refractivity contribution in [2.75, 3.05) is 5.32 Å². The Balaban J connectivity index is 2.49. The lowest BCUT2D eigenvalue weighted by molar-refractivity contribution is -0.294. The van der Waals surface area contributed by atoms with Crippen molar-refractivity contribution in [2.45, 2.75) is 18.0 Å². The fraction of sp³-hybridized carbons (Fsp3) is 0.200. The molecule has 0 bridgehead atoms. The quantitative estimate of drug-likeness (QED) is 0.643. The van der Waals surface area contributed by atoms with Crippen molar-refractivity contribution in [3.8, 4) is 0 Å². The average molecular weight is 363 g/mol. The summed E-state index contributed by atoms with van der Waals surface area (Å²) in [6, 6.07) is 8.21. The SMILES string of the molecule is O=C(NC(Nc1ccccc1)(C(F)(F)F)C(F)(F)F)c1cccnc1. The molecule has 1 aromatic carbocycles. The Bertz CT molecular complexity index is 702. The van der Waals surface area contributed by atoms with Gasteiger partial charge in [0.15, 0.2) is 0 Å². The van der Waals surface area contributed by atoms with Gasteiger partial charge in [-0.15, -0.1) is 0 Å². The zero-order chi connectivity index (χ0) is 18.7. The van der Waals surface area contributed by atoms with E-state index in [2.05, 4.69) is 4.98 Å². The van der Waals surface area contributed by atoms with Crippen LogP contribution in [-0.4, -0.2) is 28.9 Å². The predicted octanol–water partition coefficient (Wildman–Crippen LogP) is 3.74. The number of benzene rings is 1. The van der Waals surface area contributed by atoms with Gasteiger partial charge in [0.1, 0.15) is 0 Å². The van der Waals surface area contributed by atoms with Gasteiger partial charge in [-0.3, -0.25) is 9.78 Å². The lowest BCUT2D eigenvalue weighted by Crippen LogP contribution is -2.72. The number of amides is 1. The Morgan fingerprint density at radius 3 is 1.96 bits per heavy atom. The molecule has 0 unspecified atom stereocenters. The molecular formula is C15H11F6N3O. The fourth-order valence-corrected chi connectivity index (χ4v) is 1.95. The number of hydrogen-bond acceptors (Lipinski definition) is 3. The number of pyridine rings is 1. The van der Waals surface area contributed by atoms with Gasteiger partial charge in [0.05, 0.1) is 5.56 Å². The fourth-order valence-electron chi connectivity index (χ4n) is 1.95. The number of rotatable bonds is 4. The Morgan fingerprint density at radius 2 is 1.48 bits per heavy atom. The van der Waals surface area contributed by atoms with E-state index < -0.39 is 35.2 Å². The molecule has 134 valence electrons. The molecule has 0 saturated carbocycles. The minimum Gasteiger partial charge on any atom is -0.348 e. The average Bonchev–Trinajstić information content (AvgIpc) is 2.54. The first-order valence-corrected chi connectivity index (χ1v) is 6.76. The van der Waals surface area contributed by atoms with Crippen LogP contribution >= 0.6 is 0 Å². The normalized spacial score (nSPS) is 12.6. The summed E-state index contributed by atoms with van der Waals surface area (Å²) in [5.74, 6) is -1.58. The Morgan fingerprint density at radius 1 is 0.880 bits per heavy atom. The highest BCUT2D eigenvalue weighted by Crippen LogP contribution is 2.43. The molecular weight excluding hydrogens is 352 g/mol. The molecule has 2 N–H and O–H groups in total. The molecule has 2 aromatic rings. The molecule has 0 radical (unpaired) electrons. The lowest BCUT2D eigenvalue weighted by Gasteiger charge is -2.38. The maximum absolute atomic E-state index is 13.4. The number of aromatic nitrogens is 1. The molecule has 25 heavy (non-hydrogen) atoms. The van der Waals surface area contributed by atoms with Crippen LogP contribution in [0.3, 0.4) is 0 Å². The van der Waals surface area contributed by atoms with Crippen molar-refractivity contribution in [1.29, 1.82) is 0 Å². The van der Waals surface area contributed by atoms with Crippen molar-refractivity contribution < 1.29 is 31.1 Å². The molecule has 1 heterocycles. The molecule has 0 aliphatic rings. The first kappa shape index (κ1) is 18.6. The third kappa shape index (κ3) is 3.83. The monoisotopic (exact) mass is 363 g/mol. The molecule has 0 fully saturated rings. The van der Waals surface area contributed by atoms with Gasteiger partial charge in [0.2, 0.25) is 0 Å². The van der Waals surface area contributed by atoms with Crippen LogP contribution in [0.15, 0.2) is 54.9 Å². The van der Waals surface area contributed by atoms with Crippen LogP contribution < -0.4 is 10.6 Å². The summed E-state index contributed by atoms with van der Waals surface area (Å²) >= 11 is 0. The van der Waals surface area contributed by atoms with Crippen molar-refractivity contribution in [3.63, 3.8) is 0 Å². The summed E-state index contributed by atoms with van der Waals surface area (Å²) in [5, 5.41) is 2.41. The Kier molecular flexibility index (Phi) is 4.91. The summed E-state index contributed by atoms with van der Waals surface area (Å²) in [4.78, 5) is 15.5. The largest absolute Gasteiger partial charge is 0.439 e. The predicted molar refractivity (Wildman–Crippen MR) is 76.6 cm³/mol. The van der Waals surface area contributed by atoms with E-state index in [1.807, 2.05) is 0 Å². The van der Waals surface area contributed by atoms with Crippen LogP contribution in [0.1, 0.15) is 10.4 Å². The van der Waals surface area contributed by atoms with Gasteiger partial charge < -0.3 is 10.6 Å². The van der Waals surface area contributed by atoms with Crippen LogP contribution in [0.4, 0.5) is 32.0 Å². The van der Waals surface area contributed by atoms with Crippen LogP contribution in [0, 0.1) is 0 Å². The van der Waals surface area contributed by atoms with E-state index in [1.54, 1.807) is 0 Å². The molecule has 0 aliphatic carbocycles. The minimum absolute atomic E-state index is 0.449. The molecule has 0 atom stereocenters. The van der Waals surface area contributed by atoms with Gasteiger partial charge in [0, 0.05) is 18.1 Å². The maximum Gasteiger partial charge on any atom is 0.439 e. The number of anilines is 1. The van der Waals surface area contributed by atoms with Gasteiger partial charge in [-0.2, -0.15) is 26.3 Å². The molecule has 0 spiro atoms. The number of halogens is 6.